The molecule has 38 heavy (non-hydrogen) atoms. The maximum Gasteiger partial charge on any atom is 0.314 e. The van der Waals surface area contributed by atoms with Gasteiger partial charge in [-0.2, -0.15) is 0 Å². The number of cyclic esters (lactones) is 1. The second kappa shape index (κ2) is 9.40. The number of carbonyl (C=O) groups is 2. The van der Waals surface area contributed by atoms with Gasteiger partial charge in [0.25, 0.3) is 0 Å². The van der Waals surface area contributed by atoms with Crippen LogP contribution in [0.1, 0.15) is 59.4 Å². The molecular weight excluding hydrogens is 504 g/mol. The molecule has 2 N–H and O–H groups in total. The minimum atomic E-state index is -2.29. The number of aliphatic hydroxyl groups is 2. The normalized spacial score (nSPS) is 34.9. The van der Waals surface area contributed by atoms with E-state index in [9.17, 15) is 19.8 Å². The molecule has 1 aromatic carbocycles. The lowest BCUT2D eigenvalue weighted by Crippen LogP contribution is -2.84. The summed E-state index contributed by atoms with van der Waals surface area (Å²) >= 11 is 0. The van der Waals surface area contributed by atoms with Gasteiger partial charge in [-0.15, -0.1) is 0 Å². The van der Waals surface area contributed by atoms with Crippen LogP contribution >= 0.6 is 0 Å². The summed E-state index contributed by atoms with van der Waals surface area (Å²) in [6.07, 6.45) is -0.217. The summed E-state index contributed by atoms with van der Waals surface area (Å²) < 4.78 is 23.5. The van der Waals surface area contributed by atoms with Crippen LogP contribution < -0.4 is 4.74 Å². The average Bonchev–Trinajstić information content (AvgIpc) is 3.03. The van der Waals surface area contributed by atoms with E-state index in [1.54, 1.807) is 7.11 Å². The SMILES string of the molecule is COc1ccc(CO[C@@H]2C[C@]3([C@]4(O)CC(C)(C)CC4=O)COC(=O)[C@@H](CO[Si](C)(C)C(C)(C)C)[C@@]23O)cc1. The molecule has 1 aliphatic heterocycles. The quantitative estimate of drug-likeness (QED) is 0.370. The first-order valence-electron chi connectivity index (χ1n) is 13.5. The standard InChI is InChI=1S/C29H44O8Si/c1-25(2,3)38(7,8)37-16-21-24(31)36-18-27(28(32)17-26(4,5)13-22(28)30)14-23(29(21,27)33)35-15-19-9-11-20(34-6)12-10-19/h9-12,21,23,32-33H,13-18H2,1-8H3/t21-,23-,27-,28+,29-/m1/s1. The largest absolute Gasteiger partial charge is 0.497 e. The van der Waals surface area contributed by atoms with Gasteiger partial charge < -0.3 is 28.8 Å². The summed E-state index contributed by atoms with van der Waals surface area (Å²) in [6.45, 7) is 14.2. The molecule has 9 heteroatoms. The van der Waals surface area contributed by atoms with Crippen LogP contribution in [-0.4, -0.2) is 67.9 Å². The number of hydrogen-bond donors (Lipinski definition) is 2. The molecule has 4 rings (SSSR count). The minimum Gasteiger partial charge on any atom is -0.497 e. The maximum absolute atomic E-state index is 13.3. The van der Waals surface area contributed by atoms with Crippen molar-refractivity contribution < 1.29 is 38.4 Å². The third-order valence-corrected chi connectivity index (χ3v) is 14.2. The zero-order valence-corrected chi connectivity index (χ0v) is 25.1. The first-order chi connectivity index (χ1) is 17.4. The van der Waals surface area contributed by atoms with Crippen molar-refractivity contribution >= 4 is 20.1 Å². The van der Waals surface area contributed by atoms with Gasteiger partial charge in [-0.25, -0.2) is 0 Å². The van der Waals surface area contributed by atoms with Crippen LogP contribution in [0.15, 0.2) is 24.3 Å². The highest BCUT2D eigenvalue weighted by atomic mass is 28.4. The Morgan fingerprint density at radius 2 is 1.74 bits per heavy atom. The lowest BCUT2D eigenvalue weighted by molar-refractivity contribution is -0.357. The number of ketones is 1. The Morgan fingerprint density at radius 3 is 2.26 bits per heavy atom. The van der Waals surface area contributed by atoms with Gasteiger partial charge in [0.2, 0.25) is 0 Å². The third kappa shape index (κ3) is 4.44. The van der Waals surface area contributed by atoms with Gasteiger partial charge in [0, 0.05) is 6.42 Å². The zero-order chi connectivity index (χ0) is 28.4. The molecule has 0 amide bonds. The van der Waals surface area contributed by atoms with Crippen LogP contribution in [0.25, 0.3) is 0 Å². The summed E-state index contributed by atoms with van der Waals surface area (Å²) in [4.78, 5) is 26.6. The smallest absolute Gasteiger partial charge is 0.314 e. The maximum atomic E-state index is 13.3. The zero-order valence-electron chi connectivity index (χ0n) is 24.1. The van der Waals surface area contributed by atoms with Gasteiger partial charge in [-0.3, -0.25) is 9.59 Å². The number of hydrogen-bond acceptors (Lipinski definition) is 8. The molecule has 0 unspecified atom stereocenters. The molecule has 212 valence electrons. The topological polar surface area (TPSA) is 112 Å². The molecule has 5 atom stereocenters. The fourth-order valence-corrected chi connectivity index (χ4v) is 7.33. The number of methoxy groups -OCH3 is 1. The molecule has 0 bridgehead atoms. The molecular formula is C29H44O8Si. The van der Waals surface area contributed by atoms with Gasteiger partial charge in [0.05, 0.1) is 31.8 Å². The summed E-state index contributed by atoms with van der Waals surface area (Å²) in [7, 11) is -0.696. The van der Waals surface area contributed by atoms with Gasteiger partial charge in [-0.05, 0) is 54.1 Å². The Bertz CT molecular complexity index is 1080. The highest BCUT2D eigenvalue weighted by molar-refractivity contribution is 6.74. The molecule has 0 aromatic heterocycles. The van der Waals surface area contributed by atoms with Gasteiger partial charge in [-0.1, -0.05) is 46.8 Å². The highest BCUT2D eigenvalue weighted by Crippen LogP contribution is 2.67. The second-order valence-electron chi connectivity index (χ2n) is 13.8. The van der Waals surface area contributed by atoms with Crippen molar-refractivity contribution in [2.45, 2.75) is 95.9 Å². The number of carbonyl (C=O) groups excluding carboxylic acids is 2. The van der Waals surface area contributed by atoms with E-state index in [0.29, 0.717) is 0 Å². The van der Waals surface area contributed by atoms with E-state index in [2.05, 4.69) is 33.9 Å². The molecule has 2 saturated carbocycles. The molecule has 8 nitrogen and oxygen atoms in total. The fourth-order valence-electron chi connectivity index (χ4n) is 6.32. The molecule has 1 heterocycles. The lowest BCUT2D eigenvalue weighted by atomic mass is 9.43. The van der Waals surface area contributed by atoms with Gasteiger partial charge in [0.1, 0.15) is 29.5 Å². The number of fused-ring (bicyclic) bond motifs is 1. The van der Waals surface area contributed by atoms with Crippen LogP contribution in [0.2, 0.25) is 18.1 Å². The van der Waals surface area contributed by atoms with Crippen molar-refractivity contribution in [1.29, 1.82) is 0 Å². The van der Waals surface area contributed by atoms with Crippen LogP contribution in [0.5, 0.6) is 5.75 Å². The second-order valence-corrected chi connectivity index (χ2v) is 18.6. The van der Waals surface area contributed by atoms with E-state index >= 15 is 0 Å². The summed E-state index contributed by atoms with van der Waals surface area (Å²) in [5, 5.41) is 24.4. The summed E-state index contributed by atoms with van der Waals surface area (Å²) in [6, 6.07) is 7.40. The van der Waals surface area contributed by atoms with E-state index in [-0.39, 0.29) is 49.9 Å². The first kappa shape index (κ1) is 29.2. The third-order valence-electron chi connectivity index (χ3n) is 9.72. The van der Waals surface area contributed by atoms with Crippen LogP contribution in [0, 0.1) is 16.7 Å². The lowest BCUT2D eigenvalue weighted by Gasteiger charge is -2.68. The average molecular weight is 549 g/mol. The first-order valence-corrected chi connectivity index (χ1v) is 16.4. The van der Waals surface area contributed by atoms with E-state index < -0.39 is 48.3 Å². The van der Waals surface area contributed by atoms with Crippen molar-refractivity contribution in [2.24, 2.45) is 16.7 Å². The van der Waals surface area contributed by atoms with Crippen molar-refractivity contribution in [2.75, 3.05) is 20.3 Å². The van der Waals surface area contributed by atoms with Crippen molar-refractivity contribution in [1.82, 2.24) is 0 Å². The Kier molecular flexibility index (Phi) is 7.23. The molecule has 3 fully saturated rings. The Hall–Kier alpha value is -1.78. The number of esters is 1. The van der Waals surface area contributed by atoms with Gasteiger partial charge in [0.15, 0.2) is 14.1 Å². The van der Waals surface area contributed by atoms with Crippen molar-refractivity contribution in [3.05, 3.63) is 29.8 Å². The summed E-state index contributed by atoms with van der Waals surface area (Å²) in [5.41, 5.74) is -4.60. The molecule has 1 aromatic rings. The fraction of sp³-hybridized carbons (Fsp3) is 0.724. The van der Waals surface area contributed by atoms with Crippen LogP contribution in [0.4, 0.5) is 0 Å². The molecule has 3 aliphatic rings. The monoisotopic (exact) mass is 548 g/mol. The predicted octanol–water partition coefficient (Wildman–Crippen LogP) is 4.02. The minimum absolute atomic E-state index is 0.0658. The number of rotatable bonds is 8. The molecule has 0 radical (unpaired) electrons. The van der Waals surface area contributed by atoms with E-state index in [1.165, 1.54) is 0 Å². The van der Waals surface area contributed by atoms with Crippen LogP contribution in [0.3, 0.4) is 0 Å². The number of benzene rings is 1. The van der Waals surface area contributed by atoms with E-state index in [1.807, 2.05) is 38.1 Å². The van der Waals surface area contributed by atoms with E-state index in [0.717, 1.165) is 11.3 Å². The molecule has 0 spiro atoms. The Labute approximate surface area is 227 Å². The van der Waals surface area contributed by atoms with Crippen LogP contribution in [-0.2, 0) is 30.1 Å². The Morgan fingerprint density at radius 1 is 1.11 bits per heavy atom. The molecule has 2 aliphatic carbocycles. The molecule has 1 saturated heterocycles. The number of Topliss-reactive ketones (excluding diaryl/α,β-unsaturated/α-hetero) is 1. The highest BCUT2D eigenvalue weighted by Gasteiger charge is 2.82. The van der Waals surface area contributed by atoms with Crippen molar-refractivity contribution in [3.8, 4) is 5.75 Å². The Balaban J connectivity index is 1.68. The van der Waals surface area contributed by atoms with Crippen molar-refractivity contribution in [3.63, 3.8) is 0 Å². The van der Waals surface area contributed by atoms with Gasteiger partial charge >= 0.3 is 5.97 Å². The predicted molar refractivity (Wildman–Crippen MR) is 144 cm³/mol. The summed E-state index contributed by atoms with van der Waals surface area (Å²) in [5.74, 6) is -1.29. The number of ether oxygens (including phenoxy) is 3. The van der Waals surface area contributed by atoms with E-state index in [4.69, 9.17) is 18.6 Å².